The van der Waals surface area contributed by atoms with Gasteiger partial charge in [-0.1, -0.05) is 33.2 Å². The van der Waals surface area contributed by atoms with Crippen LogP contribution in [0.1, 0.15) is 11.1 Å². The zero-order valence-electron chi connectivity index (χ0n) is 6.24. The molecular weight excluding hydrogens is 157 g/mol. The fourth-order valence-electron chi connectivity index (χ4n) is 0.828. The fraction of sp³-hybridized carbons (Fsp3) is 0.125. The fourth-order valence-corrected chi connectivity index (χ4v) is 1.02. The Labute approximate surface area is 67.9 Å². The van der Waals surface area contributed by atoms with Crippen LogP contribution in [-0.2, 0) is 0 Å². The molecule has 2 nitrogen and oxygen atoms in total. The van der Waals surface area contributed by atoms with Gasteiger partial charge < -0.3 is 4.89 Å². The third-order valence-electron chi connectivity index (χ3n) is 1.44. The molecule has 1 aromatic carbocycles. The zero-order chi connectivity index (χ0) is 8.10. The van der Waals surface area contributed by atoms with Crippen LogP contribution in [0.2, 0.25) is 0 Å². The predicted octanol–water partition coefficient (Wildman–Crippen LogP) is 1.28. The van der Waals surface area contributed by atoms with Crippen molar-refractivity contribution in [3.63, 3.8) is 0 Å². The highest BCUT2D eigenvalue weighted by Gasteiger charge is 1.89. The van der Waals surface area contributed by atoms with E-state index in [9.17, 15) is 4.89 Å². The third-order valence-corrected chi connectivity index (χ3v) is 1.68. The van der Waals surface area contributed by atoms with Crippen LogP contribution < -0.4 is 4.89 Å². The molecule has 0 aliphatic heterocycles. The summed E-state index contributed by atoms with van der Waals surface area (Å²) in [6.45, 7) is 2.00. The number of aryl methyl sites for hydroxylation is 1. The second-order valence-corrected chi connectivity index (χ2v) is 2.65. The smallest absolute Gasteiger partial charge is 0.0313 e. The molecule has 0 radical (unpaired) electrons. The molecule has 3 heteroatoms. The molecule has 0 N–H and O–H groups in total. The predicted molar refractivity (Wildman–Crippen MR) is 47.1 cm³/mol. The SMILES string of the molecule is Cc1ccccc1C=NP[O-]. The lowest BCUT2D eigenvalue weighted by Gasteiger charge is -1.98. The molecule has 1 rings (SSSR count). The van der Waals surface area contributed by atoms with E-state index in [-0.39, 0.29) is 0 Å². The molecule has 0 saturated carbocycles. The van der Waals surface area contributed by atoms with E-state index in [0.717, 1.165) is 11.1 Å². The highest BCUT2D eigenvalue weighted by atomic mass is 31.1. The quantitative estimate of drug-likeness (QED) is 0.481. The molecule has 1 unspecified atom stereocenters. The summed E-state index contributed by atoms with van der Waals surface area (Å²) >= 11 is 0. The van der Waals surface area contributed by atoms with Crippen molar-refractivity contribution in [2.45, 2.75) is 6.92 Å². The van der Waals surface area contributed by atoms with Gasteiger partial charge in [0.15, 0.2) is 0 Å². The molecule has 1 atom stereocenters. The number of benzene rings is 1. The van der Waals surface area contributed by atoms with Crippen LogP contribution >= 0.6 is 8.96 Å². The average Bonchev–Trinajstić information content (AvgIpc) is 2.03. The maximum absolute atomic E-state index is 10.0. The topological polar surface area (TPSA) is 35.4 Å². The molecule has 0 amide bonds. The summed E-state index contributed by atoms with van der Waals surface area (Å²) in [5.41, 5.74) is 2.17. The van der Waals surface area contributed by atoms with E-state index >= 15 is 0 Å². The molecule has 11 heavy (non-hydrogen) atoms. The standard InChI is InChI=1S/C8H9NOP/c1-7-4-2-3-5-8(7)6-9-11-10/h2-6,11H,1H3/q-1. The van der Waals surface area contributed by atoms with Crippen molar-refractivity contribution in [1.29, 1.82) is 0 Å². The summed E-state index contributed by atoms with van der Waals surface area (Å²) in [6.07, 6.45) is 1.63. The molecule has 0 aromatic heterocycles. The Hall–Kier alpha value is -0.720. The zero-order valence-corrected chi connectivity index (χ0v) is 7.24. The van der Waals surface area contributed by atoms with Crippen molar-refractivity contribution in [3.05, 3.63) is 35.4 Å². The molecule has 58 valence electrons. The van der Waals surface area contributed by atoms with E-state index in [4.69, 9.17) is 0 Å². The van der Waals surface area contributed by atoms with Crippen LogP contribution in [0, 0.1) is 6.92 Å². The molecule has 0 heterocycles. The van der Waals surface area contributed by atoms with E-state index in [1.165, 1.54) is 0 Å². The maximum Gasteiger partial charge on any atom is 0.0313 e. The first-order valence-corrected chi connectivity index (χ1v) is 4.16. The van der Waals surface area contributed by atoms with Gasteiger partial charge in [-0.05, 0) is 18.1 Å². The Morgan fingerprint density at radius 3 is 2.82 bits per heavy atom. The molecular formula is C8H9NOP-. The Morgan fingerprint density at radius 1 is 1.45 bits per heavy atom. The highest BCUT2D eigenvalue weighted by Crippen LogP contribution is 2.05. The number of hydrogen-bond acceptors (Lipinski definition) is 2. The summed E-state index contributed by atoms with van der Waals surface area (Å²) in [5, 5.41) is 0. The molecule has 0 bridgehead atoms. The second kappa shape index (κ2) is 4.22. The first kappa shape index (κ1) is 8.38. The Morgan fingerprint density at radius 2 is 2.18 bits per heavy atom. The van der Waals surface area contributed by atoms with Gasteiger partial charge in [-0.3, -0.25) is 4.76 Å². The van der Waals surface area contributed by atoms with Gasteiger partial charge in [-0.15, -0.1) is 0 Å². The molecule has 0 aliphatic carbocycles. The van der Waals surface area contributed by atoms with Gasteiger partial charge in [0, 0.05) is 6.21 Å². The van der Waals surface area contributed by atoms with Gasteiger partial charge in [-0.2, -0.15) is 0 Å². The summed E-state index contributed by atoms with van der Waals surface area (Å²) < 4.78 is 3.65. The first-order valence-electron chi connectivity index (χ1n) is 3.30. The van der Waals surface area contributed by atoms with Crippen LogP contribution in [0.4, 0.5) is 0 Å². The van der Waals surface area contributed by atoms with Crippen LogP contribution in [0.3, 0.4) is 0 Å². The van der Waals surface area contributed by atoms with Gasteiger partial charge in [-0.25, -0.2) is 0 Å². The Kier molecular flexibility index (Phi) is 3.21. The van der Waals surface area contributed by atoms with Crippen molar-refractivity contribution in [2.24, 2.45) is 4.76 Å². The maximum atomic E-state index is 10.0. The normalized spacial score (nSPS) is 11.8. The third kappa shape index (κ3) is 2.41. The van der Waals surface area contributed by atoms with Crippen molar-refractivity contribution < 1.29 is 4.89 Å². The Balaban J connectivity index is 2.86. The van der Waals surface area contributed by atoms with Crippen LogP contribution in [0.5, 0.6) is 0 Å². The minimum atomic E-state index is -0.601. The molecule has 0 aliphatic rings. The average molecular weight is 166 g/mol. The van der Waals surface area contributed by atoms with Crippen molar-refractivity contribution in [1.82, 2.24) is 0 Å². The number of nitrogens with zero attached hydrogens (tertiary/aromatic N) is 1. The minimum Gasteiger partial charge on any atom is -0.814 e. The van der Waals surface area contributed by atoms with E-state index in [1.54, 1.807) is 6.21 Å². The summed E-state index contributed by atoms with van der Waals surface area (Å²) in [6, 6.07) is 7.84. The van der Waals surface area contributed by atoms with Gasteiger partial charge >= 0.3 is 0 Å². The Bertz CT molecular complexity index is 260. The number of rotatable bonds is 2. The lowest BCUT2D eigenvalue weighted by molar-refractivity contribution is -0.150. The largest absolute Gasteiger partial charge is 0.814 e. The molecule has 0 fully saturated rings. The monoisotopic (exact) mass is 166 g/mol. The summed E-state index contributed by atoms with van der Waals surface area (Å²) in [4.78, 5) is 10.0. The van der Waals surface area contributed by atoms with Crippen molar-refractivity contribution >= 4 is 15.2 Å². The van der Waals surface area contributed by atoms with Gasteiger partial charge in [0.05, 0.1) is 0 Å². The highest BCUT2D eigenvalue weighted by molar-refractivity contribution is 7.28. The van der Waals surface area contributed by atoms with Crippen LogP contribution in [-0.4, -0.2) is 6.21 Å². The van der Waals surface area contributed by atoms with Crippen molar-refractivity contribution in [3.8, 4) is 0 Å². The van der Waals surface area contributed by atoms with E-state index < -0.39 is 8.96 Å². The van der Waals surface area contributed by atoms with E-state index in [0.29, 0.717) is 0 Å². The van der Waals surface area contributed by atoms with Crippen molar-refractivity contribution in [2.75, 3.05) is 0 Å². The summed E-state index contributed by atoms with van der Waals surface area (Å²) in [5.74, 6) is 0. The van der Waals surface area contributed by atoms with Crippen LogP contribution in [0.15, 0.2) is 29.0 Å². The van der Waals surface area contributed by atoms with Crippen LogP contribution in [0.25, 0.3) is 0 Å². The first-order chi connectivity index (χ1) is 5.34. The van der Waals surface area contributed by atoms with Gasteiger partial charge in [0.25, 0.3) is 0 Å². The van der Waals surface area contributed by atoms with Gasteiger partial charge in [0.1, 0.15) is 0 Å². The second-order valence-electron chi connectivity index (χ2n) is 2.21. The minimum absolute atomic E-state index is 0.601. The lowest BCUT2D eigenvalue weighted by Crippen LogP contribution is -1.85. The lowest BCUT2D eigenvalue weighted by atomic mass is 10.1. The van der Waals surface area contributed by atoms with E-state index in [1.807, 2.05) is 31.2 Å². The summed E-state index contributed by atoms with van der Waals surface area (Å²) in [7, 11) is -0.601. The molecule has 0 spiro atoms. The number of hydrogen-bond donors (Lipinski definition) is 0. The molecule has 1 aromatic rings. The van der Waals surface area contributed by atoms with E-state index in [2.05, 4.69) is 4.76 Å². The molecule has 0 saturated heterocycles. The van der Waals surface area contributed by atoms with Gasteiger partial charge in [0.2, 0.25) is 0 Å².